The summed E-state index contributed by atoms with van der Waals surface area (Å²) in [4.78, 5) is 11.3. The number of sulfone groups is 1. The molecule has 18 heavy (non-hydrogen) atoms. The first-order chi connectivity index (χ1) is 8.13. The first-order valence-electron chi connectivity index (χ1n) is 5.39. The van der Waals surface area contributed by atoms with Gasteiger partial charge in [0.2, 0.25) is 0 Å². The zero-order chi connectivity index (χ0) is 14.1. The number of aliphatic carboxylic acids is 1. The number of carboxylic acids is 1. The number of benzene rings is 1. The van der Waals surface area contributed by atoms with Crippen LogP contribution >= 0.6 is 15.9 Å². The third kappa shape index (κ3) is 2.75. The standard InChI is InChI=1S/C12H15BrO4S/c1-4-18(16,17)10-6-5-8(7-9(10)13)12(2,3)11(14)15/h5-7H,4H2,1-3H3,(H,14,15). The lowest BCUT2D eigenvalue weighted by molar-refractivity contribution is -0.142. The van der Waals surface area contributed by atoms with Crippen molar-refractivity contribution in [2.45, 2.75) is 31.1 Å². The molecule has 4 nitrogen and oxygen atoms in total. The van der Waals surface area contributed by atoms with Crippen LogP contribution in [0.15, 0.2) is 27.6 Å². The molecule has 1 N–H and O–H groups in total. The first kappa shape index (κ1) is 15.2. The van der Waals surface area contributed by atoms with Crippen molar-refractivity contribution in [3.05, 3.63) is 28.2 Å². The number of hydrogen-bond acceptors (Lipinski definition) is 3. The lowest BCUT2D eigenvalue weighted by atomic mass is 9.85. The number of carboxylic acid groups (broad SMARTS) is 1. The number of hydrogen-bond donors (Lipinski definition) is 1. The average Bonchev–Trinajstić information content (AvgIpc) is 2.28. The molecule has 1 aromatic rings. The van der Waals surface area contributed by atoms with Crippen molar-refractivity contribution in [3.63, 3.8) is 0 Å². The van der Waals surface area contributed by atoms with E-state index in [1.807, 2.05) is 0 Å². The zero-order valence-corrected chi connectivity index (χ0v) is 12.8. The minimum atomic E-state index is -3.31. The summed E-state index contributed by atoms with van der Waals surface area (Å²) in [6.07, 6.45) is 0. The highest BCUT2D eigenvalue weighted by atomic mass is 79.9. The molecule has 0 unspecified atom stereocenters. The molecule has 0 saturated heterocycles. The average molecular weight is 335 g/mol. The highest BCUT2D eigenvalue weighted by molar-refractivity contribution is 9.10. The fourth-order valence-electron chi connectivity index (χ4n) is 1.42. The van der Waals surface area contributed by atoms with Crippen molar-refractivity contribution in [3.8, 4) is 0 Å². The highest BCUT2D eigenvalue weighted by Gasteiger charge is 2.30. The smallest absolute Gasteiger partial charge is 0.313 e. The Labute approximate surface area is 115 Å². The Morgan fingerprint density at radius 3 is 2.33 bits per heavy atom. The van der Waals surface area contributed by atoms with Gasteiger partial charge < -0.3 is 5.11 Å². The van der Waals surface area contributed by atoms with Crippen molar-refractivity contribution in [2.75, 3.05) is 5.75 Å². The maximum Gasteiger partial charge on any atom is 0.313 e. The molecule has 1 rings (SSSR count). The summed E-state index contributed by atoms with van der Waals surface area (Å²) in [6.45, 7) is 4.72. The van der Waals surface area contributed by atoms with Crippen LogP contribution in [0.1, 0.15) is 26.3 Å². The fourth-order valence-corrected chi connectivity index (χ4v) is 3.48. The highest BCUT2D eigenvalue weighted by Crippen LogP contribution is 2.30. The predicted molar refractivity (Wildman–Crippen MR) is 72.5 cm³/mol. The summed E-state index contributed by atoms with van der Waals surface area (Å²) in [5.41, 5.74) is -0.506. The summed E-state index contributed by atoms with van der Waals surface area (Å²) >= 11 is 3.19. The topological polar surface area (TPSA) is 71.4 Å². The van der Waals surface area contributed by atoms with Crippen molar-refractivity contribution >= 4 is 31.7 Å². The Bertz CT molecular complexity index is 576. The summed E-state index contributed by atoms with van der Waals surface area (Å²) in [5.74, 6) is -0.951. The van der Waals surface area contributed by atoms with Gasteiger partial charge in [-0.3, -0.25) is 4.79 Å². The Balaban J connectivity index is 3.36. The van der Waals surface area contributed by atoms with Gasteiger partial charge in [0.15, 0.2) is 9.84 Å². The van der Waals surface area contributed by atoms with Gasteiger partial charge in [-0.05, 0) is 47.5 Å². The van der Waals surface area contributed by atoms with E-state index in [0.29, 0.717) is 10.0 Å². The molecule has 0 aromatic heterocycles. The fraction of sp³-hybridized carbons (Fsp3) is 0.417. The van der Waals surface area contributed by atoms with Gasteiger partial charge in [-0.15, -0.1) is 0 Å². The quantitative estimate of drug-likeness (QED) is 0.918. The van der Waals surface area contributed by atoms with Gasteiger partial charge in [0.1, 0.15) is 0 Å². The van der Waals surface area contributed by atoms with Crippen LogP contribution in [-0.2, 0) is 20.0 Å². The molecule has 6 heteroatoms. The Kier molecular flexibility index (Phi) is 4.23. The molecule has 0 radical (unpaired) electrons. The summed E-state index contributed by atoms with van der Waals surface area (Å²) in [5, 5.41) is 9.13. The van der Waals surface area contributed by atoms with Gasteiger partial charge in [0.25, 0.3) is 0 Å². The minimum absolute atomic E-state index is 0.00721. The Hall–Kier alpha value is -0.880. The number of carbonyl (C=O) groups is 1. The maximum absolute atomic E-state index is 11.8. The normalized spacial score (nSPS) is 12.4. The van der Waals surface area contributed by atoms with E-state index < -0.39 is 21.2 Å². The summed E-state index contributed by atoms with van der Waals surface area (Å²) in [6, 6.07) is 4.54. The van der Waals surface area contributed by atoms with E-state index in [0.717, 1.165) is 0 Å². The second kappa shape index (κ2) is 5.01. The molecule has 0 heterocycles. The van der Waals surface area contributed by atoms with Crippen LogP contribution in [0, 0.1) is 0 Å². The SMILES string of the molecule is CCS(=O)(=O)c1ccc(C(C)(C)C(=O)O)cc1Br. The lowest BCUT2D eigenvalue weighted by Crippen LogP contribution is -2.28. The van der Waals surface area contributed by atoms with Crippen LogP contribution in [-0.4, -0.2) is 25.2 Å². The maximum atomic E-state index is 11.8. The van der Waals surface area contributed by atoms with Crippen molar-refractivity contribution in [1.82, 2.24) is 0 Å². The van der Waals surface area contributed by atoms with Gasteiger partial charge in [-0.2, -0.15) is 0 Å². The molecule has 0 aliphatic rings. The Morgan fingerprint density at radius 1 is 1.39 bits per heavy atom. The molecule has 0 saturated carbocycles. The van der Waals surface area contributed by atoms with E-state index in [4.69, 9.17) is 5.11 Å². The van der Waals surface area contributed by atoms with Gasteiger partial charge >= 0.3 is 5.97 Å². The predicted octanol–water partition coefficient (Wildman–Crippen LogP) is 2.60. The second-order valence-corrected chi connectivity index (χ2v) is 7.58. The van der Waals surface area contributed by atoms with Gasteiger partial charge in [-0.25, -0.2) is 8.42 Å². The molecule has 0 spiro atoms. The zero-order valence-electron chi connectivity index (χ0n) is 10.4. The third-order valence-electron chi connectivity index (χ3n) is 2.90. The third-order valence-corrected chi connectivity index (χ3v) is 5.61. The van der Waals surface area contributed by atoms with E-state index in [9.17, 15) is 13.2 Å². The summed E-state index contributed by atoms with van der Waals surface area (Å²) in [7, 11) is -3.31. The summed E-state index contributed by atoms with van der Waals surface area (Å²) < 4.78 is 23.9. The molecule has 0 bridgehead atoms. The van der Waals surface area contributed by atoms with Crippen LogP contribution in [0.2, 0.25) is 0 Å². The van der Waals surface area contributed by atoms with Crippen molar-refractivity contribution in [1.29, 1.82) is 0 Å². The van der Waals surface area contributed by atoms with E-state index in [1.165, 1.54) is 6.07 Å². The van der Waals surface area contributed by atoms with Gasteiger partial charge in [0, 0.05) is 4.47 Å². The van der Waals surface area contributed by atoms with E-state index in [1.54, 1.807) is 32.9 Å². The van der Waals surface area contributed by atoms with E-state index >= 15 is 0 Å². The Morgan fingerprint density at radius 2 is 1.94 bits per heavy atom. The largest absolute Gasteiger partial charge is 0.481 e. The van der Waals surface area contributed by atoms with E-state index in [-0.39, 0.29) is 10.6 Å². The van der Waals surface area contributed by atoms with Crippen LogP contribution in [0.25, 0.3) is 0 Å². The van der Waals surface area contributed by atoms with Gasteiger partial charge in [-0.1, -0.05) is 13.0 Å². The molecule has 0 atom stereocenters. The van der Waals surface area contributed by atoms with Crippen LogP contribution in [0.5, 0.6) is 0 Å². The first-order valence-corrected chi connectivity index (χ1v) is 7.83. The second-order valence-electron chi connectivity index (χ2n) is 4.48. The van der Waals surface area contributed by atoms with Gasteiger partial charge in [0.05, 0.1) is 16.1 Å². The number of halogens is 1. The van der Waals surface area contributed by atoms with Crippen molar-refractivity contribution < 1.29 is 18.3 Å². The van der Waals surface area contributed by atoms with E-state index in [2.05, 4.69) is 15.9 Å². The monoisotopic (exact) mass is 334 g/mol. The molecule has 0 fully saturated rings. The molecule has 0 aliphatic carbocycles. The number of rotatable bonds is 4. The molecule has 0 aliphatic heterocycles. The molecular formula is C12H15BrO4S. The minimum Gasteiger partial charge on any atom is -0.481 e. The molecule has 0 amide bonds. The van der Waals surface area contributed by atoms with Crippen LogP contribution in [0.3, 0.4) is 0 Å². The van der Waals surface area contributed by atoms with Crippen LogP contribution in [0.4, 0.5) is 0 Å². The molecule has 1 aromatic carbocycles. The van der Waals surface area contributed by atoms with Crippen LogP contribution < -0.4 is 0 Å². The molecular weight excluding hydrogens is 320 g/mol. The van der Waals surface area contributed by atoms with Crippen molar-refractivity contribution in [2.24, 2.45) is 0 Å². The molecule has 100 valence electrons. The lowest BCUT2D eigenvalue weighted by Gasteiger charge is -2.20.